The van der Waals surface area contributed by atoms with Gasteiger partial charge < -0.3 is 9.64 Å². The smallest absolute Gasteiger partial charge is 0.260 e. The third-order valence-corrected chi connectivity index (χ3v) is 4.10. The second-order valence-electron chi connectivity index (χ2n) is 5.70. The molecule has 1 heterocycles. The van der Waals surface area contributed by atoms with Crippen LogP contribution in [0.4, 0.5) is 8.78 Å². The second kappa shape index (κ2) is 4.58. The number of amides is 1. The largest absolute Gasteiger partial charge is 0.484 e. The van der Waals surface area contributed by atoms with Crippen LogP contribution in [-0.4, -0.2) is 36.4 Å². The van der Waals surface area contributed by atoms with Gasteiger partial charge in [0.1, 0.15) is 5.75 Å². The van der Waals surface area contributed by atoms with Crippen molar-refractivity contribution in [2.45, 2.75) is 18.8 Å². The molecule has 0 radical (unpaired) electrons. The van der Waals surface area contributed by atoms with Crippen molar-refractivity contribution in [3.63, 3.8) is 0 Å². The molecule has 1 aliphatic heterocycles. The Morgan fingerprint density at radius 2 is 1.85 bits per heavy atom. The van der Waals surface area contributed by atoms with E-state index < -0.39 is 5.92 Å². The van der Waals surface area contributed by atoms with Crippen LogP contribution in [0.1, 0.15) is 12.8 Å². The van der Waals surface area contributed by atoms with Gasteiger partial charge in [0.25, 0.3) is 5.91 Å². The van der Waals surface area contributed by atoms with Crippen LogP contribution in [0, 0.1) is 5.41 Å². The van der Waals surface area contributed by atoms with Crippen molar-refractivity contribution in [1.82, 2.24) is 4.90 Å². The zero-order valence-corrected chi connectivity index (χ0v) is 11.5. The van der Waals surface area contributed by atoms with E-state index in [4.69, 9.17) is 16.3 Å². The van der Waals surface area contributed by atoms with Crippen molar-refractivity contribution in [3.05, 3.63) is 29.3 Å². The molecular formula is C14H14ClF2NO2. The number of nitrogens with zero attached hydrogens (tertiary/aromatic N) is 1. The monoisotopic (exact) mass is 301 g/mol. The molecule has 3 nitrogen and oxygen atoms in total. The highest BCUT2D eigenvalue weighted by Crippen LogP contribution is 2.56. The predicted molar refractivity (Wildman–Crippen MR) is 70.1 cm³/mol. The molecule has 2 aliphatic rings. The first-order chi connectivity index (χ1) is 9.38. The molecule has 2 fully saturated rings. The maximum Gasteiger partial charge on any atom is 0.260 e. The van der Waals surface area contributed by atoms with E-state index in [-0.39, 0.29) is 30.8 Å². The second-order valence-corrected chi connectivity index (χ2v) is 6.14. The first-order valence-electron chi connectivity index (χ1n) is 6.42. The van der Waals surface area contributed by atoms with Gasteiger partial charge in [-0.2, -0.15) is 0 Å². The Bertz CT molecular complexity index is 516. The van der Waals surface area contributed by atoms with E-state index in [0.29, 0.717) is 23.9 Å². The van der Waals surface area contributed by atoms with Gasteiger partial charge in [-0.25, -0.2) is 8.78 Å². The maximum atomic E-state index is 12.8. The number of likely N-dealkylation sites (tertiary alicyclic amines) is 1. The van der Waals surface area contributed by atoms with Gasteiger partial charge in [0, 0.05) is 36.4 Å². The highest BCUT2D eigenvalue weighted by atomic mass is 35.5. The third kappa shape index (κ3) is 2.59. The van der Waals surface area contributed by atoms with E-state index >= 15 is 0 Å². The highest BCUT2D eigenvalue weighted by Gasteiger charge is 2.62. The Morgan fingerprint density at radius 1 is 1.25 bits per heavy atom. The number of carbonyl (C=O) groups excluding carboxylic acids is 1. The molecule has 1 aromatic rings. The van der Waals surface area contributed by atoms with E-state index in [1.807, 2.05) is 0 Å². The molecule has 108 valence electrons. The fourth-order valence-electron chi connectivity index (χ4n) is 2.98. The molecule has 1 saturated heterocycles. The van der Waals surface area contributed by atoms with Crippen LogP contribution in [0.3, 0.4) is 0 Å². The molecular weight excluding hydrogens is 288 g/mol. The van der Waals surface area contributed by atoms with E-state index in [1.165, 1.54) is 0 Å². The number of rotatable bonds is 3. The number of alkyl halides is 2. The van der Waals surface area contributed by atoms with Crippen LogP contribution in [-0.2, 0) is 4.79 Å². The molecule has 3 rings (SSSR count). The number of ether oxygens (including phenoxy) is 1. The van der Waals surface area contributed by atoms with E-state index in [1.54, 1.807) is 29.2 Å². The summed E-state index contributed by atoms with van der Waals surface area (Å²) in [7, 11) is 0. The summed E-state index contributed by atoms with van der Waals surface area (Å²) in [6.07, 6.45) is -0.191. The lowest BCUT2D eigenvalue weighted by molar-refractivity contribution is -0.215. The highest BCUT2D eigenvalue weighted by molar-refractivity contribution is 6.30. The molecule has 1 amide bonds. The number of hydrogen-bond donors (Lipinski definition) is 0. The van der Waals surface area contributed by atoms with E-state index in [2.05, 4.69) is 0 Å². The molecule has 0 aromatic heterocycles. The summed E-state index contributed by atoms with van der Waals surface area (Å²) < 4.78 is 31.0. The molecule has 1 spiro atoms. The maximum absolute atomic E-state index is 12.8. The first-order valence-corrected chi connectivity index (χ1v) is 6.79. The van der Waals surface area contributed by atoms with Gasteiger partial charge in [0.05, 0.1) is 0 Å². The summed E-state index contributed by atoms with van der Waals surface area (Å²) in [4.78, 5) is 13.4. The normalized spacial score (nSPS) is 22.1. The Labute approximate surface area is 120 Å². The van der Waals surface area contributed by atoms with Gasteiger partial charge in [-0.15, -0.1) is 0 Å². The van der Waals surface area contributed by atoms with E-state index in [0.717, 1.165) is 0 Å². The number of benzene rings is 1. The Kier molecular flexibility index (Phi) is 3.12. The van der Waals surface area contributed by atoms with Crippen molar-refractivity contribution in [1.29, 1.82) is 0 Å². The molecule has 0 atom stereocenters. The molecule has 20 heavy (non-hydrogen) atoms. The summed E-state index contributed by atoms with van der Waals surface area (Å²) in [6.45, 7) is 0.769. The van der Waals surface area contributed by atoms with Gasteiger partial charge in [-0.05, 0) is 24.3 Å². The Morgan fingerprint density at radius 3 is 2.40 bits per heavy atom. The van der Waals surface area contributed by atoms with Crippen LogP contribution in [0.2, 0.25) is 5.02 Å². The average molecular weight is 302 g/mol. The summed E-state index contributed by atoms with van der Waals surface area (Å²) in [5, 5.41) is 0.597. The van der Waals surface area contributed by atoms with Crippen LogP contribution in [0.25, 0.3) is 0 Å². The summed E-state index contributed by atoms with van der Waals surface area (Å²) in [5.41, 5.74) is -0.334. The van der Waals surface area contributed by atoms with Gasteiger partial charge >= 0.3 is 0 Å². The molecule has 0 unspecified atom stereocenters. The lowest BCUT2D eigenvalue weighted by Crippen LogP contribution is -2.67. The lowest BCUT2D eigenvalue weighted by Gasteiger charge is -2.58. The molecule has 0 N–H and O–H groups in total. The molecule has 0 bridgehead atoms. The average Bonchev–Trinajstić information content (AvgIpc) is 2.31. The van der Waals surface area contributed by atoms with Gasteiger partial charge in [0.15, 0.2) is 6.61 Å². The minimum absolute atomic E-state index is 0.0753. The van der Waals surface area contributed by atoms with Crippen LogP contribution < -0.4 is 4.74 Å². The standard InChI is InChI=1S/C14H14ClF2NO2/c15-10-1-3-11(4-2-10)20-5-12(19)18-8-13(9-18)6-14(16,17)7-13/h1-4H,5-9H2. The van der Waals surface area contributed by atoms with Gasteiger partial charge in [-0.3, -0.25) is 4.79 Å². The fourth-order valence-corrected chi connectivity index (χ4v) is 3.10. The molecule has 1 aliphatic carbocycles. The summed E-state index contributed by atoms with van der Waals surface area (Å²) >= 11 is 5.74. The zero-order chi connectivity index (χ0) is 14.4. The fraction of sp³-hybridized carbons (Fsp3) is 0.500. The number of halogens is 3. The molecule has 6 heteroatoms. The van der Waals surface area contributed by atoms with Crippen molar-refractivity contribution >= 4 is 17.5 Å². The van der Waals surface area contributed by atoms with Crippen molar-refractivity contribution in [2.75, 3.05) is 19.7 Å². The zero-order valence-electron chi connectivity index (χ0n) is 10.7. The van der Waals surface area contributed by atoms with Crippen LogP contribution in [0.15, 0.2) is 24.3 Å². The van der Waals surface area contributed by atoms with Crippen LogP contribution >= 0.6 is 11.6 Å². The quantitative estimate of drug-likeness (QED) is 0.859. The van der Waals surface area contributed by atoms with Gasteiger partial charge in [-0.1, -0.05) is 11.6 Å². The van der Waals surface area contributed by atoms with E-state index in [9.17, 15) is 13.6 Å². The third-order valence-electron chi connectivity index (χ3n) is 3.85. The molecule has 1 aromatic carbocycles. The summed E-state index contributed by atoms with van der Waals surface area (Å²) in [5.74, 6) is -2.14. The number of carbonyl (C=O) groups is 1. The summed E-state index contributed by atoms with van der Waals surface area (Å²) in [6, 6.07) is 6.71. The Balaban J connectivity index is 1.44. The van der Waals surface area contributed by atoms with Gasteiger partial charge in [0.2, 0.25) is 5.92 Å². The lowest BCUT2D eigenvalue weighted by atomic mass is 9.61. The van der Waals surface area contributed by atoms with Crippen molar-refractivity contribution < 1.29 is 18.3 Å². The number of hydrogen-bond acceptors (Lipinski definition) is 2. The topological polar surface area (TPSA) is 29.5 Å². The minimum atomic E-state index is -2.53. The first kappa shape index (κ1) is 13.6. The SMILES string of the molecule is O=C(COc1ccc(Cl)cc1)N1CC2(C1)CC(F)(F)C2. The molecule has 1 saturated carbocycles. The van der Waals surface area contributed by atoms with Crippen LogP contribution in [0.5, 0.6) is 5.75 Å². The minimum Gasteiger partial charge on any atom is -0.484 e. The van der Waals surface area contributed by atoms with Crippen molar-refractivity contribution in [2.24, 2.45) is 5.41 Å². The Hall–Kier alpha value is -1.36. The van der Waals surface area contributed by atoms with Crippen molar-refractivity contribution in [3.8, 4) is 5.75 Å². The predicted octanol–water partition coefficient (Wildman–Crippen LogP) is 2.98.